The van der Waals surface area contributed by atoms with Gasteiger partial charge >= 0.3 is 0 Å². The summed E-state index contributed by atoms with van der Waals surface area (Å²) in [6.45, 7) is 15.0. The monoisotopic (exact) mass is 313 g/mol. The Morgan fingerprint density at radius 3 is 2.33 bits per heavy atom. The van der Waals surface area contributed by atoms with Crippen molar-refractivity contribution in [2.75, 3.05) is 31.7 Å². The summed E-state index contributed by atoms with van der Waals surface area (Å²) >= 11 is 6.33. The van der Waals surface area contributed by atoms with E-state index in [-0.39, 0.29) is 5.41 Å². The van der Waals surface area contributed by atoms with Gasteiger partial charge in [-0.05, 0) is 12.8 Å². The van der Waals surface area contributed by atoms with Gasteiger partial charge < -0.3 is 9.64 Å². The summed E-state index contributed by atoms with van der Waals surface area (Å²) in [5.74, 6) is 2.23. The van der Waals surface area contributed by atoms with Crippen molar-refractivity contribution in [1.82, 2.24) is 9.97 Å². The van der Waals surface area contributed by atoms with Crippen molar-refractivity contribution in [3.8, 4) is 0 Å². The third-order valence-electron chi connectivity index (χ3n) is 3.18. The van der Waals surface area contributed by atoms with E-state index >= 15 is 0 Å². The SMILES string of the molecule is COCCN(CC(C)C)c1nc(C(C)(C)C)nc(Cl)c1C. The topological polar surface area (TPSA) is 38.2 Å². The number of rotatable bonds is 6. The maximum atomic E-state index is 6.33. The highest BCUT2D eigenvalue weighted by atomic mass is 35.5. The molecular formula is C16H28ClN3O. The summed E-state index contributed by atoms with van der Waals surface area (Å²) in [6, 6.07) is 0. The number of hydrogen-bond acceptors (Lipinski definition) is 4. The zero-order valence-electron chi connectivity index (χ0n) is 14.3. The van der Waals surface area contributed by atoms with Crippen LogP contribution >= 0.6 is 11.6 Å². The Hall–Kier alpha value is -0.870. The predicted octanol–water partition coefficient (Wildman–Crippen LogP) is 3.84. The van der Waals surface area contributed by atoms with Crippen molar-refractivity contribution in [2.24, 2.45) is 5.92 Å². The highest BCUT2D eigenvalue weighted by molar-refractivity contribution is 6.30. The van der Waals surface area contributed by atoms with E-state index in [4.69, 9.17) is 21.3 Å². The number of nitrogens with zero attached hydrogens (tertiary/aromatic N) is 3. The van der Waals surface area contributed by atoms with Gasteiger partial charge in [0.1, 0.15) is 16.8 Å². The molecule has 1 heterocycles. The van der Waals surface area contributed by atoms with E-state index < -0.39 is 0 Å². The minimum absolute atomic E-state index is 0.128. The second kappa shape index (κ2) is 7.41. The molecule has 0 aliphatic rings. The smallest absolute Gasteiger partial charge is 0.137 e. The van der Waals surface area contributed by atoms with Crippen LogP contribution in [0.4, 0.5) is 5.82 Å². The Labute approximate surface area is 133 Å². The van der Waals surface area contributed by atoms with Crippen LogP contribution in [-0.4, -0.2) is 36.8 Å². The maximum Gasteiger partial charge on any atom is 0.137 e. The number of methoxy groups -OCH3 is 1. The molecule has 21 heavy (non-hydrogen) atoms. The molecule has 1 rings (SSSR count). The van der Waals surface area contributed by atoms with Gasteiger partial charge in [-0.1, -0.05) is 46.2 Å². The van der Waals surface area contributed by atoms with Crippen molar-refractivity contribution >= 4 is 17.4 Å². The zero-order valence-corrected chi connectivity index (χ0v) is 15.1. The molecule has 0 N–H and O–H groups in total. The van der Waals surface area contributed by atoms with Crippen LogP contribution in [-0.2, 0) is 10.2 Å². The predicted molar refractivity (Wildman–Crippen MR) is 89.4 cm³/mol. The van der Waals surface area contributed by atoms with Gasteiger partial charge in [0, 0.05) is 31.2 Å². The molecule has 0 radical (unpaired) electrons. The fourth-order valence-corrected chi connectivity index (χ4v) is 2.21. The molecule has 0 fully saturated rings. The van der Waals surface area contributed by atoms with Crippen molar-refractivity contribution in [2.45, 2.75) is 47.0 Å². The van der Waals surface area contributed by atoms with Gasteiger partial charge in [0.15, 0.2) is 0 Å². The first-order chi connectivity index (χ1) is 9.66. The molecule has 0 aliphatic carbocycles. The van der Waals surface area contributed by atoms with E-state index in [9.17, 15) is 0 Å². The lowest BCUT2D eigenvalue weighted by Crippen LogP contribution is -2.33. The van der Waals surface area contributed by atoms with E-state index in [0.29, 0.717) is 17.7 Å². The molecule has 0 spiro atoms. The van der Waals surface area contributed by atoms with E-state index in [2.05, 4.69) is 44.5 Å². The van der Waals surface area contributed by atoms with Gasteiger partial charge in [0.05, 0.1) is 6.61 Å². The highest BCUT2D eigenvalue weighted by Crippen LogP contribution is 2.28. The van der Waals surface area contributed by atoms with Crippen molar-refractivity contribution in [3.63, 3.8) is 0 Å². The van der Waals surface area contributed by atoms with Gasteiger partial charge in [0.2, 0.25) is 0 Å². The van der Waals surface area contributed by atoms with E-state index in [0.717, 1.165) is 30.3 Å². The maximum absolute atomic E-state index is 6.33. The first-order valence-electron chi connectivity index (χ1n) is 7.45. The average molecular weight is 314 g/mol. The molecule has 0 atom stereocenters. The normalized spacial score (nSPS) is 12.0. The summed E-state index contributed by atoms with van der Waals surface area (Å²) < 4.78 is 5.22. The summed E-state index contributed by atoms with van der Waals surface area (Å²) in [7, 11) is 1.72. The van der Waals surface area contributed by atoms with Crippen LogP contribution in [0, 0.1) is 12.8 Å². The molecule has 1 aromatic heterocycles. The van der Waals surface area contributed by atoms with Gasteiger partial charge in [-0.2, -0.15) is 0 Å². The lowest BCUT2D eigenvalue weighted by Gasteiger charge is -2.28. The highest BCUT2D eigenvalue weighted by Gasteiger charge is 2.23. The standard InChI is InChI=1S/C16H28ClN3O/c1-11(2)10-20(8-9-21-7)14-12(3)13(17)18-15(19-14)16(4,5)6/h11H,8-10H2,1-7H3. The van der Waals surface area contributed by atoms with Crippen LogP contribution in [0.5, 0.6) is 0 Å². The Kier molecular flexibility index (Phi) is 6.41. The molecule has 5 heteroatoms. The molecule has 0 saturated carbocycles. The van der Waals surface area contributed by atoms with Crippen molar-refractivity contribution < 1.29 is 4.74 Å². The van der Waals surface area contributed by atoms with Crippen LogP contribution < -0.4 is 4.90 Å². The summed E-state index contributed by atoms with van der Waals surface area (Å²) in [5, 5.41) is 0.538. The molecule has 4 nitrogen and oxygen atoms in total. The van der Waals surface area contributed by atoms with Crippen LogP contribution in [0.1, 0.15) is 46.0 Å². The number of hydrogen-bond donors (Lipinski definition) is 0. The van der Waals surface area contributed by atoms with Crippen LogP contribution in [0.25, 0.3) is 0 Å². The van der Waals surface area contributed by atoms with Crippen molar-refractivity contribution in [1.29, 1.82) is 0 Å². The number of anilines is 1. The fraction of sp³-hybridized carbons (Fsp3) is 0.750. The molecule has 0 bridgehead atoms. The quantitative estimate of drug-likeness (QED) is 0.748. The minimum Gasteiger partial charge on any atom is -0.383 e. The first kappa shape index (κ1) is 18.2. The van der Waals surface area contributed by atoms with Gasteiger partial charge in [-0.25, -0.2) is 9.97 Å². The molecule has 0 amide bonds. The molecule has 1 aromatic rings. The Bertz CT molecular complexity index is 469. The third kappa shape index (κ3) is 5.11. The first-order valence-corrected chi connectivity index (χ1v) is 7.83. The number of aromatic nitrogens is 2. The molecule has 0 saturated heterocycles. The van der Waals surface area contributed by atoms with E-state index in [1.165, 1.54) is 0 Å². The van der Waals surface area contributed by atoms with Gasteiger partial charge in [0.25, 0.3) is 0 Å². The second-order valence-corrected chi connectivity index (χ2v) is 7.23. The number of ether oxygens (including phenoxy) is 1. The van der Waals surface area contributed by atoms with E-state index in [1.54, 1.807) is 7.11 Å². The molecule has 120 valence electrons. The Morgan fingerprint density at radius 2 is 1.86 bits per heavy atom. The van der Waals surface area contributed by atoms with Crippen molar-refractivity contribution in [3.05, 3.63) is 16.5 Å². The zero-order chi connectivity index (χ0) is 16.2. The lowest BCUT2D eigenvalue weighted by molar-refractivity contribution is 0.204. The van der Waals surface area contributed by atoms with Crippen LogP contribution in [0.15, 0.2) is 0 Å². The Morgan fingerprint density at radius 1 is 1.24 bits per heavy atom. The number of halogens is 1. The largest absolute Gasteiger partial charge is 0.383 e. The average Bonchev–Trinajstić information content (AvgIpc) is 2.36. The molecule has 0 aromatic carbocycles. The van der Waals surface area contributed by atoms with Crippen LogP contribution in [0.3, 0.4) is 0 Å². The van der Waals surface area contributed by atoms with Gasteiger partial charge in [-0.3, -0.25) is 0 Å². The molecular weight excluding hydrogens is 286 g/mol. The summed E-state index contributed by atoms with van der Waals surface area (Å²) in [6.07, 6.45) is 0. The second-order valence-electron chi connectivity index (χ2n) is 6.87. The van der Waals surface area contributed by atoms with Gasteiger partial charge in [-0.15, -0.1) is 0 Å². The third-order valence-corrected chi connectivity index (χ3v) is 3.55. The lowest BCUT2D eigenvalue weighted by atomic mass is 9.95. The van der Waals surface area contributed by atoms with Crippen LogP contribution in [0.2, 0.25) is 5.15 Å². The van der Waals surface area contributed by atoms with E-state index in [1.807, 2.05) is 6.92 Å². The Balaban J connectivity index is 3.25. The minimum atomic E-state index is -0.128. The molecule has 0 unspecified atom stereocenters. The fourth-order valence-electron chi connectivity index (χ4n) is 2.05. The summed E-state index contributed by atoms with van der Waals surface area (Å²) in [5.41, 5.74) is 0.804. The summed E-state index contributed by atoms with van der Waals surface area (Å²) in [4.78, 5) is 11.5. The molecule has 0 aliphatic heterocycles.